The first-order valence-corrected chi connectivity index (χ1v) is 28.7. The number of ether oxygens (including phenoxy) is 10. The first-order chi connectivity index (χ1) is 43.3. The molecule has 3 aromatic carbocycles. The molecule has 0 aliphatic heterocycles. The summed E-state index contributed by atoms with van der Waals surface area (Å²) in [6.07, 6.45) is 7.81. The third-order valence-electron chi connectivity index (χ3n) is 13.0. The number of aromatic amines is 1. The van der Waals surface area contributed by atoms with E-state index < -0.39 is 17.9 Å². The third-order valence-corrected chi connectivity index (χ3v) is 13.0. The summed E-state index contributed by atoms with van der Waals surface area (Å²) in [5, 5.41) is 13.9. The number of anilines is 5. The molecular formula is C61H75N13O15. The fourth-order valence-corrected chi connectivity index (χ4v) is 8.52. The highest BCUT2D eigenvalue weighted by atomic mass is 16.6. The van der Waals surface area contributed by atoms with Crippen LogP contribution in [0.15, 0.2) is 116 Å². The molecule has 0 aliphatic carbocycles. The minimum Gasteiger partial charge on any atom is -0.491 e. The lowest BCUT2D eigenvalue weighted by Gasteiger charge is -2.10. The number of carbonyl (C=O) groups excluding carboxylic acids is 5. The van der Waals surface area contributed by atoms with Crippen LogP contribution in [0, 0.1) is 0 Å². The van der Waals surface area contributed by atoms with Gasteiger partial charge in [-0.15, -0.1) is 0 Å². The molecule has 0 atom stereocenters. The zero-order valence-corrected chi connectivity index (χ0v) is 50.2. The predicted octanol–water partition coefficient (Wildman–Crippen LogP) is 6.42. The maximum absolute atomic E-state index is 13.4. The summed E-state index contributed by atoms with van der Waals surface area (Å²) in [5.41, 5.74) is 4.27. The summed E-state index contributed by atoms with van der Waals surface area (Å²) >= 11 is 0. The van der Waals surface area contributed by atoms with E-state index in [1.807, 2.05) is 48.1 Å². The van der Waals surface area contributed by atoms with Crippen LogP contribution < -0.4 is 31.3 Å². The van der Waals surface area contributed by atoms with Crippen LogP contribution in [0.1, 0.15) is 43.4 Å². The fraction of sp³-hybridized carbons (Fsp3) is 0.377. The molecule has 5 heterocycles. The van der Waals surface area contributed by atoms with E-state index in [1.165, 1.54) is 16.8 Å². The minimum atomic E-state index is -0.549. The van der Waals surface area contributed by atoms with Crippen LogP contribution >= 0.6 is 0 Å². The molecule has 0 radical (unpaired) electrons. The van der Waals surface area contributed by atoms with Crippen molar-refractivity contribution in [1.82, 2.24) is 38.2 Å². The Labute approximate surface area is 513 Å². The van der Waals surface area contributed by atoms with Crippen LogP contribution in [0.3, 0.4) is 0 Å². The molecule has 0 unspecified atom stereocenters. The molecule has 474 valence electrons. The number of hydrogen-bond donors (Lipinski definition) is 6. The zero-order valence-electron chi connectivity index (χ0n) is 50.2. The smallest absolute Gasteiger partial charge is 0.411 e. The number of rotatable bonds is 39. The number of imidazole rings is 3. The van der Waals surface area contributed by atoms with E-state index in [4.69, 9.17) is 47.4 Å². The highest BCUT2D eigenvalue weighted by molar-refractivity contribution is 6.08. The molecular weight excluding hydrogens is 1150 g/mol. The minimum absolute atomic E-state index is 0.0182. The highest BCUT2D eigenvalue weighted by Crippen LogP contribution is 2.23. The van der Waals surface area contributed by atoms with Gasteiger partial charge in [-0.1, -0.05) is 30.3 Å². The maximum Gasteiger partial charge on any atom is 0.411 e. The van der Waals surface area contributed by atoms with Crippen molar-refractivity contribution in [2.45, 2.75) is 13.0 Å². The Bertz CT molecular complexity index is 3520. The molecule has 0 fully saturated rings. The van der Waals surface area contributed by atoms with Crippen molar-refractivity contribution in [1.29, 1.82) is 0 Å². The second-order valence-electron chi connectivity index (χ2n) is 19.8. The number of nitrogens with one attached hydrogen (secondary N) is 6. The number of aromatic nitrogens is 8. The van der Waals surface area contributed by atoms with Gasteiger partial charge < -0.3 is 91.9 Å². The molecule has 5 amide bonds. The number of nitrogens with zero attached hydrogens (tertiary/aromatic N) is 7. The van der Waals surface area contributed by atoms with Gasteiger partial charge in [0, 0.05) is 76.5 Å². The van der Waals surface area contributed by atoms with Crippen LogP contribution in [0.5, 0.6) is 5.75 Å². The van der Waals surface area contributed by atoms with Crippen molar-refractivity contribution in [3.8, 4) is 17.4 Å². The van der Waals surface area contributed by atoms with E-state index in [2.05, 4.69) is 46.5 Å². The Morgan fingerprint density at radius 1 is 0.506 bits per heavy atom. The Kier molecular flexibility index (Phi) is 25.8. The lowest BCUT2D eigenvalue weighted by atomic mass is 10.2. The highest BCUT2D eigenvalue weighted by Gasteiger charge is 2.21. The topological polar surface area (TPSA) is 312 Å². The van der Waals surface area contributed by atoms with E-state index in [1.54, 1.807) is 97.4 Å². The van der Waals surface area contributed by atoms with Gasteiger partial charge in [-0.05, 0) is 54.1 Å². The Morgan fingerprint density at radius 3 is 1.71 bits per heavy atom. The van der Waals surface area contributed by atoms with E-state index in [-0.39, 0.29) is 48.8 Å². The van der Waals surface area contributed by atoms with E-state index in [0.29, 0.717) is 163 Å². The molecule has 8 aromatic rings. The number of carbonyl (C=O) groups is 5. The lowest BCUT2D eigenvalue weighted by molar-refractivity contribution is -0.117. The molecule has 0 bridgehead atoms. The van der Waals surface area contributed by atoms with E-state index >= 15 is 0 Å². The lowest BCUT2D eigenvalue weighted by Crippen LogP contribution is -2.17. The largest absolute Gasteiger partial charge is 0.491 e. The Balaban J connectivity index is 0.572. The summed E-state index contributed by atoms with van der Waals surface area (Å²) in [5.74, 6) is 0.758. The van der Waals surface area contributed by atoms with Crippen LogP contribution in [-0.2, 0) is 82.2 Å². The normalized spacial score (nSPS) is 11.2. The molecule has 0 aliphatic rings. The first-order valence-electron chi connectivity index (χ1n) is 28.7. The van der Waals surface area contributed by atoms with Crippen molar-refractivity contribution in [3.63, 3.8) is 0 Å². The van der Waals surface area contributed by atoms with Crippen LogP contribution in [0.4, 0.5) is 33.5 Å². The standard InChI is InChI=1S/C61H75N13O15/c1-71-18-17-62-56(71)55-66-49-15-10-44(36-50(49)67-55)58(76)63-46-37-51(72(2)39-46)59(77)69-52-41-74(4)57(68-52)60(78)64-47-38-53(73(3)40-47)70-54(75)16-19-80-20-21-81-22-23-82-24-25-83-26-27-84-28-29-85-30-31-86-32-33-87-34-35-88-48-13-11-45(12-14-48)65-61(79)89-42-43-8-6-5-7-9-43/h5-15,17-18,36-41H,16,19-35,42H2,1-4H3,(H,63,76)(H,64,78)(H,65,79)(H,66,67)(H,69,77)(H,70,75). The van der Waals surface area contributed by atoms with Gasteiger partial charge >= 0.3 is 6.09 Å². The van der Waals surface area contributed by atoms with Crippen LogP contribution in [0.25, 0.3) is 22.7 Å². The molecule has 5 aromatic heterocycles. The molecule has 0 saturated heterocycles. The van der Waals surface area contributed by atoms with Gasteiger partial charge in [0.1, 0.15) is 30.5 Å². The number of amides is 5. The van der Waals surface area contributed by atoms with Crippen LogP contribution in [0.2, 0.25) is 0 Å². The van der Waals surface area contributed by atoms with Gasteiger partial charge in [-0.2, -0.15) is 0 Å². The van der Waals surface area contributed by atoms with E-state index in [9.17, 15) is 24.0 Å². The second kappa shape index (κ2) is 34.9. The molecule has 28 nitrogen and oxygen atoms in total. The number of fused-ring (bicyclic) bond motifs is 1. The average molecular weight is 1230 g/mol. The molecule has 28 heteroatoms. The average Bonchev–Trinajstić information content (AvgIpc) is 2.39. The summed E-state index contributed by atoms with van der Waals surface area (Å²) < 4.78 is 61.8. The maximum atomic E-state index is 13.4. The summed E-state index contributed by atoms with van der Waals surface area (Å²) in [6, 6.07) is 24.7. The van der Waals surface area contributed by atoms with Crippen LogP contribution in [-0.4, -0.2) is 180 Å². The van der Waals surface area contributed by atoms with E-state index in [0.717, 1.165) is 5.56 Å². The monoisotopic (exact) mass is 1230 g/mol. The fourth-order valence-electron chi connectivity index (χ4n) is 8.52. The van der Waals surface area contributed by atoms with Gasteiger partial charge in [0.2, 0.25) is 11.7 Å². The summed E-state index contributed by atoms with van der Waals surface area (Å²) in [4.78, 5) is 81.2. The first kappa shape index (κ1) is 65.7. The zero-order chi connectivity index (χ0) is 62.6. The van der Waals surface area contributed by atoms with Gasteiger partial charge in [-0.3, -0.25) is 24.5 Å². The molecule has 0 saturated carbocycles. The van der Waals surface area contributed by atoms with Gasteiger partial charge in [0.05, 0.1) is 135 Å². The van der Waals surface area contributed by atoms with Gasteiger partial charge in [0.15, 0.2) is 17.5 Å². The van der Waals surface area contributed by atoms with Crippen molar-refractivity contribution in [2.75, 3.05) is 139 Å². The number of hydrogen-bond acceptors (Lipinski definition) is 18. The van der Waals surface area contributed by atoms with Gasteiger partial charge in [-0.25, -0.2) is 19.7 Å². The molecule has 0 spiro atoms. The summed E-state index contributed by atoms with van der Waals surface area (Å²) in [6.45, 7) is 6.86. The predicted molar refractivity (Wildman–Crippen MR) is 328 cm³/mol. The SMILES string of the molecule is Cn1cc(NC(=O)c2nc(NC(=O)c3cc(NC(=O)c4ccc5nc(-c6nccn6C)[nH]c5c4)cn3C)cn2C)cc1NC(=O)CCOCCOCCOCCOCCOCCOCCOCCOCCOc1ccc(NC(=O)OCc2ccccc2)cc1. The molecule has 8 rings (SSSR count). The third kappa shape index (κ3) is 21.5. The Morgan fingerprint density at radius 2 is 1.09 bits per heavy atom. The number of H-pyrrole nitrogens is 1. The number of aryl methyl sites for hydroxylation is 4. The van der Waals surface area contributed by atoms with Gasteiger partial charge in [0.25, 0.3) is 17.7 Å². The number of benzene rings is 3. The van der Waals surface area contributed by atoms with Crippen molar-refractivity contribution < 1.29 is 71.3 Å². The summed E-state index contributed by atoms with van der Waals surface area (Å²) in [7, 11) is 6.87. The van der Waals surface area contributed by atoms with Crippen molar-refractivity contribution in [2.24, 2.45) is 28.2 Å². The molecule has 6 N–H and O–H groups in total. The quantitative estimate of drug-likeness (QED) is 0.0226. The Hall–Kier alpha value is -9.26. The molecule has 89 heavy (non-hydrogen) atoms. The van der Waals surface area contributed by atoms with Crippen molar-refractivity contribution in [3.05, 3.63) is 139 Å². The second-order valence-corrected chi connectivity index (χ2v) is 19.8. The van der Waals surface area contributed by atoms with Crippen molar-refractivity contribution >= 4 is 69.5 Å².